The van der Waals surface area contributed by atoms with Gasteiger partial charge in [-0.05, 0) is 31.5 Å². The van der Waals surface area contributed by atoms with E-state index in [4.69, 9.17) is 0 Å². The highest BCUT2D eigenvalue weighted by atomic mass is 19.3. The monoisotopic (exact) mass is 468 g/mol. The predicted octanol–water partition coefficient (Wildman–Crippen LogP) is 3.50. The number of fused-ring (bicyclic) bond motifs is 1. The number of halogens is 2. The third kappa shape index (κ3) is 2.99. The van der Waals surface area contributed by atoms with Crippen molar-refractivity contribution in [1.29, 1.82) is 0 Å². The minimum atomic E-state index is -2.71. The molecule has 7 rings (SSSR count). The Bertz CT molecular complexity index is 1280. The number of alkyl halides is 2. The number of benzene rings is 1. The van der Waals surface area contributed by atoms with Crippen LogP contribution in [-0.2, 0) is 11.2 Å². The molecule has 7 nitrogen and oxygen atoms in total. The van der Waals surface area contributed by atoms with Crippen molar-refractivity contribution in [3.63, 3.8) is 0 Å². The molecule has 2 aromatic heterocycles. The van der Waals surface area contributed by atoms with Crippen LogP contribution in [-0.4, -0.2) is 71.2 Å². The Morgan fingerprint density at radius 2 is 2.03 bits per heavy atom. The SMILES string of the molecule is C[C@@H](C(=O)N(C)c1ccc2cc(-c3n[nH]c4c3[C@H]3C[C@@](C)(C4)C3(F)F)[nH]c2c1)N1CCNCC1. The molecular formula is C25H30F2N6O. The molecule has 34 heavy (non-hydrogen) atoms. The van der Waals surface area contributed by atoms with Gasteiger partial charge in [-0.1, -0.05) is 13.0 Å². The number of aromatic amines is 2. The Kier molecular flexibility index (Phi) is 4.70. The maximum absolute atomic E-state index is 14.8. The molecule has 3 N–H and O–H groups in total. The van der Waals surface area contributed by atoms with Gasteiger partial charge >= 0.3 is 0 Å². The number of carbonyl (C=O) groups is 1. The third-order valence-electron chi connectivity index (χ3n) is 8.33. The standard InChI is InChI=1S/C25H30F2N6O/c1-14(33-8-6-28-7-9-33)23(34)32(3)16-5-4-15-10-19(29-18(15)11-16)22-21-17-12-24(2,25(17,26)27)13-20(21)30-31-22/h4-5,10-11,14,17,28-29H,6-9,12-13H2,1-3H3,(H,30,31)/t14-,17+,24-/m0/s1. The summed E-state index contributed by atoms with van der Waals surface area (Å²) in [4.78, 5) is 20.4. The van der Waals surface area contributed by atoms with Crippen molar-refractivity contribution in [2.45, 2.75) is 44.6 Å². The number of carbonyl (C=O) groups excluding carboxylic acids is 1. The van der Waals surface area contributed by atoms with E-state index in [2.05, 4.69) is 25.4 Å². The van der Waals surface area contributed by atoms with E-state index in [1.54, 1.807) is 18.9 Å². The summed E-state index contributed by atoms with van der Waals surface area (Å²) in [6.07, 6.45) is 0.809. The summed E-state index contributed by atoms with van der Waals surface area (Å²) in [6, 6.07) is 7.57. The highest BCUT2D eigenvalue weighted by Gasteiger charge is 2.69. The number of nitrogens with one attached hydrogen (secondary N) is 3. The number of hydrogen-bond acceptors (Lipinski definition) is 4. The number of amides is 1. The Morgan fingerprint density at radius 3 is 2.76 bits per heavy atom. The number of likely N-dealkylation sites (N-methyl/N-ethyl adjacent to an activating group) is 1. The zero-order valence-electron chi connectivity index (χ0n) is 19.7. The minimum absolute atomic E-state index is 0.0460. The molecule has 1 saturated carbocycles. The summed E-state index contributed by atoms with van der Waals surface area (Å²) in [7, 11) is 1.80. The molecule has 2 bridgehead atoms. The first kappa shape index (κ1) is 21.7. The average molecular weight is 469 g/mol. The smallest absolute Gasteiger partial charge is 0.260 e. The first-order valence-electron chi connectivity index (χ1n) is 12.0. The van der Waals surface area contributed by atoms with Crippen LogP contribution in [0.25, 0.3) is 22.3 Å². The molecule has 1 aliphatic heterocycles. The summed E-state index contributed by atoms with van der Waals surface area (Å²) in [5.74, 6) is -3.45. The molecule has 1 amide bonds. The van der Waals surface area contributed by atoms with E-state index in [1.807, 2.05) is 31.2 Å². The number of rotatable bonds is 4. The third-order valence-corrected chi connectivity index (χ3v) is 8.33. The van der Waals surface area contributed by atoms with Crippen LogP contribution >= 0.6 is 0 Å². The molecule has 3 heterocycles. The summed E-state index contributed by atoms with van der Waals surface area (Å²) < 4.78 is 29.6. The van der Waals surface area contributed by atoms with Gasteiger partial charge in [0.25, 0.3) is 5.92 Å². The van der Waals surface area contributed by atoms with Crippen molar-refractivity contribution in [3.05, 3.63) is 35.5 Å². The lowest BCUT2D eigenvalue weighted by Gasteiger charge is -2.56. The number of nitrogens with zero attached hydrogens (tertiary/aromatic N) is 3. The second kappa shape index (κ2) is 7.36. The van der Waals surface area contributed by atoms with Gasteiger partial charge < -0.3 is 15.2 Å². The van der Waals surface area contributed by atoms with Gasteiger partial charge in [0.1, 0.15) is 5.69 Å². The normalized spacial score (nSPS) is 26.7. The number of H-pyrrole nitrogens is 2. The summed E-state index contributed by atoms with van der Waals surface area (Å²) >= 11 is 0. The Labute approximate surface area is 196 Å². The van der Waals surface area contributed by atoms with Gasteiger partial charge in [-0.3, -0.25) is 14.8 Å². The first-order chi connectivity index (χ1) is 16.2. The fourth-order valence-corrected chi connectivity index (χ4v) is 6.05. The Morgan fingerprint density at radius 1 is 1.26 bits per heavy atom. The topological polar surface area (TPSA) is 80.0 Å². The lowest BCUT2D eigenvalue weighted by molar-refractivity contribution is -0.220. The molecule has 3 aliphatic carbocycles. The maximum Gasteiger partial charge on any atom is 0.260 e. The molecule has 0 unspecified atom stereocenters. The molecule has 3 atom stereocenters. The minimum Gasteiger partial charge on any atom is -0.353 e. The molecule has 1 aromatic carbocycles. The van der Waals surface area contributed by atoms with Gasteiger partial charge in [-0.15, -0.1) is 0 Å². The van der Waals surface area contributed by atoms with Crippen LogP contribution in [0.15, 0.2) is 24.3 Å². The second-order valence-corrected chi connectivity index (χ2v) is 10.4. The van der Waals surface area contributed by atoms with E-state index in [0.29, 0.717) is 24.1 Å². The van der Waals surface area contributed by atoms with Crippen LogP contribution in [0.3, 0.4) is 0 Å². The van der Waals surface area contributed by atoms with Crippen molar-refractivity contribution in [2.24, 2.45) is 5.41 Å². The highest BCUT2D eigenvalue weighted by Crippen LogP contribution is 2.68. The van der Waals surface area contributed by atoms with Crippen LogP contribution < -0.4 is 10.2 Å². The lowest BCUT2D eigenvalue weighted by Crippen LogP contribution is -2.59. The fraction of sp³-hybridized carbons (Fsp3) is 0.520. The quantitative estimate of drug-likeness (QED) is 0.548. The molecule has 3 aromatic rings. The summed E-state index contributed by atoms with van der Waals surface area (Å²) in [6.45, 7) is 7.11. The van der Waals surface area contributed by atoms with Gasteiger partial charge in [0.05, 0.1) is 17.7 Å². The zero-order valence-corrected chi connectivity index (χ0v) is 19.7. The zero-order chi connectivity index (χ0) is 23.8. The number of hydrogen-bond donors (Lipinski definition) is 3. The largest absolute Gasteiger partial charge is 0.353 e. The van der Waals surface area contributed by atoms with Crippen LogP contribution in [0, 0.1) is 5.41 Å². The highest BCUT2D eigenvalue weighted by molar-refractivity contribution is 5.99. The molecule has 1 saturated heterocycles. The molecule has 0 radical (unpaired) electrons. The molecule has 9 heteroatoms. The van der Waals surface area contributed by atoms with E-state index in [0.717, 1.165) is 54.2 Å². The Hall–Kier alpha value is -2.78. The fourth-order valence-electron chi connectivity index (χ4n) is 6.05. The van der Waals surface area contributed by atoms with Crippen molar-refractivity contribution in [3.8, 4) is 11.4 Å². The van der Waals surface area contributed by atoms with Crippen molar-refractivity contribution < 1.29 is 13.6 Å². The van der Waals surface area contributed by atoms with Crippen molar-refractivity contribution in [1.82, 2.24) is 25.4 Å². The van der Waals surface area contributed by atoms with E-state index in [-0.39, 0.29) is 11.9 Å². The Balaban J connectivity index is 1.28. The van der Waals surface area contributed by atoms with E-state index >= 15 is 0 Å². The lowest BCUT2D eigenvalue weighted by atomic mass is 9.51. The van der Waals surface area contributed by atoms with E-state index in [1.165, 1.54) is 0 Å². The average Bonchev–Trinajstić information content (AvgIpc) is 3.46. The van der Waals surface area contributed by atoms with Crippen LogP contribution in [0.2, 0.25) is 0 Å². The van der Waals surface area contributed by atoms with Gasteiger partial charge in [-0.2, -0.15) is 5.10 Å². The van der Waals surface area contributed by atoms with E-state index < -0.39 is 17.3 Å². The number of anilines is 1. The number of piperazine rings is 1. The van der Waals surface area contributed by atoms with Crippen LogP contribution in [0.4, 0.5) is 14.5 Å². The maximum atomic E-state index is 14.8. The summed E-state index contributed by atoms with van der Waals surface area (Å²) in [5, 5.41) is 11.7. The van der Waals surface area contributed by atoms with Crippen LogP contribution in [0.1, 0.15) is 37.4 Å². The molecular weight excluding hydrogens is 438 g/mol. The molecule has 180 valence electrons. The van der Waals surface area contributed by atoms with Crippen molar-refractivity contribution >= 4 is 22.5 Å². The van der Waals surface area contributed by atoms with Gasteiger partial charge in [0, 0.05) is 72.9 Å². The van der Waals surface area contributed by atoms with Gasteiger partial charge in [0.15, 0.2) is 0 Å². The second-order valence-electron chi connectivity index (χ2n) is 10.4. The molecule has 2 fully saturated rings. The van der Waals surface area contributed by atoms with Crippen molar-refractivity contribution in [2.75, 3.05) is 38.1 Å². The first-order valence-corrected chi connectivity index (χ1v) is 12.0. The predicted molar refractivity (Wildman–Crippen MR) is 127 cm³/mol. The van der Waals surface area contributed by atoms with Gasteiger partial charge in [0.2, 0.25) is 5.91 Å². The molecule has 0 spiro atoms. The van der Waals surface area contributed by atoms with Crippen LogP contribution in [0.5, 0.6) is 0 Å². The van der Waals surface area contributed by atoms with E-state index in [9.17, 15) is 13.6 Å². The number of aromatic nitrogens is 3. The summed E-state index contributed by atoms with van der Waals surface area (Å²) in [5.41, 5.74) is 3.44. The molecule has 4 aliphatic rings. The van der Waals surface area contributed by atoms with Gasteiger partial charge in [-0.25, -0.2) is 8.78 Å².